The fourth-order valence-electron chi connectivity index (χ4n) is 2.33. The van der Waals surface area contributed by atoms with Gasteiger partial charge in [0.25, 0.3) is 0 Å². The molecule has 128 valence electrons. The number of pyridine rings is 1. The van der Waals surface area contributed by atoms with Gasteiger partial charge in [0.15, 0.2) is 0 Å². The van der Waals surface area contributed by atoms with Crippen LogP contribution in [0.1, 0.15) is 11.1 Å². The number of ether oxygens (including phenoxy) is 1. The maximum atomic E-state index is 13.8. The molecule has 0 bridgehead atoms. The van der Waals surface area contributed by atoms with Gasteiger partial charge >= 0.3 is 0 Å². The monoisotopic (exact) mass is 374 g/mol. The van der Waals surface area contributed by atoms with Crippen molar-refractivity contribution in [2.45, 2.75) is 18.0 Å². The lowest BCUT2D eigenvalue weighted by Crippen LogP contribution is -2.14. The molecule has 25 heavy (non-hydrogen) atoms. The van der Waals surface area contributed by atoms with Crippen molar-refractivity contribution < 1.29 is 9.13 Å². The van der Waals surface area contributed by atoms with E-state index in [-0.39, 0.29) is 5.82 Å². The van der Waals surface area contributed by atoms with Crippen LogP contribution in [0, 0.1) is 5.82 Å². The Morgan fingerprint density at radius 3 is 2.72 bits per heavy atom. The van der Waals surface area contributed by atoms with Gasteiger partial charge in [-0.15, -0.1) is 12.6 Å². The Labute approximate surface area is 156 Å². The first kappa shape index (κ1) is 17.7. The van der Waals surface area contributed by atoms with Crippen molar-refractivity contribution in [2.75, 3.05) is 0 Å². The topological polar surface area (TPSA) is 34.1 Å². The van der Waals surface area contributed by atoms with Crippen molar-refractivity contribution in [2.24, 2.45) is 0 Å². The number of thiol groups is 1. The average Bonchev–Trinajstić information content (AvgIpc) is 2.61. The van der Waals surface area contributed by atoms with Gasteiger partial charge in [-0.05, 0) is 48.0 Å². The van der Waals surface area contributed by atoms with Crippen LogP contribution in [0.3, 0.4) is 0 Å². The molecule has 0 spiro atoms. The Morgan fingerprint density at radius 1 is 1.08 bits per heavy atom. The zero-order chi connectivity index (χ0) is 17.6. The molecule has 0 amide bonds. The van der Waals surface area contributed by atoms with Crippen LogP contribution in [-0.2, 0) is 13.1 Å². The molecular weight excluding hydrogens is 359 g/mol. The van der Waals surface area contributed by atoms with E-state index < -0.39 is 0 Å². The molecule has 3 nitrogen and oxygen atoms in total. The zero-order valence-electron chi connectivity index (χ0n) is 13.2. The van der Waals surface area contributed by atoms with Crippen LogP contribution in [0.4, 0.5) is 4.39 Å². The molecule has 3 aromatic rings. The molecule has 1 heterocycles. The first-order chi connectivity index (χ1) is 12.1. The van der Waals surface area contributed by atoms with Crippen molar-refractivity contribution in [3.8, 4) is 11.5 Å². The van der Waals surface area contributed by atoms with Gasteiger partial charge in [-0.25, -0.2) is 4.39 Å². The summed E-state index contributed by atoms with van der Waals surface area (Å²) >= 11 is 10.5. The van der Waals surface area contributed by atoms with Crippen LogP contribution in [0.2, 0.25) is 5.02 Å². The fourth-order valence-corrected chi connectivity index (χ4v) is 2.78. The van der Waals surface area contributed by atoms with Crippen LogP contribution in [0.15, 0.2) is 65.8 Å². The molecule has 0 aliphatic carbocycles. The van der Waals surface area contributed by atoms with E-state index in [9.17, 15) is 4.39 Å². The average molecular weight is 375 g/mol. The first-order valence-electron chi connectivity index (χ1n) is 7.67. The summed E-state index contributed by atoms with van der Waals surface area (Å²) in [4.78, 5) is 4.84. The summed E-state index contributed by atoms with van der Waals surface area (Å²) < 4.78 is 19.6. The molecule has 1 aromatic heterocycles. The lowest BCUT2D eigenvalue weighted by atomic mass is 10.2. The minimum atomic E-state index is -0.320. The Bertz CT molecular complexity index is 841. The normalized spacial score (nSPS) is 10.7. The Hall–Kier alpha value is -2.08. The molecular formula is C19H16ClFN2OS. The van der Waals surface area contributed by atoms with Gasteiger partial charge in [-0.1, -0.05) is 17.7 Å². The van der Waals surface area contributed by atoms with Gasteiger partial charge in [0.1, 0.15) is 17.3 Å². The molecule has 0 radical (unpaired) electrons. The highest BCUT2D eigenvalue weighted by molar-refractivity contribution is 7.80. The number of rotatable bonds is 6. The summed E-state index contributed by atoms with van der Waals surface area (Å²) in [5, 5.41) is 3.60. The number of nitrogens with one attached hydrogen (secondary N) is 1. The molecule has 0 atom stereocenters. The molecule has 0 unspecified atom stereocenters. The maximum Gasteiger partial charge on any atom is 0.145 e. The second-order valence-corrected chi connectivity index (χ2v) is 6.27. The van der Waals surface area contributed by atoms with Crippen LogP contribution >= 0.6 is 24.2 Å². The summed E-state index contributed by atoms with van der Waals surface area (Å²) in [5.74, 6) is 1.03. The smallest absolute Gasteiger partial charge is 0.145 e. The second kappa shape index (κ2) is 8.34. The number of benzene rings is 2. The Balaban J connectivity index is 1.67. The standard InChI is InChI=1S/C19H16ClFN2OS/c20-17-4-1-5-18(21)16(17)12-23-10-13-9-14(6-7-19(13)25)24-15-3-2-8-22-11-15/h1-9,11,23,25H,10,12H2. The van der Waals surface area contributed by atoms with Crippen LogP contribution < -0.4 is 10.1 Å². The third-order valence-electron chi connectivity index (χ3n) is 3.60. The summed E-state index contributed by atoms with van der Waals surface area (Å²) in [6, 6.07) is 13.9. The predicted octanol–water partition coefficient (Wildman–Crippen LogP) is 5.24. The first-order valence-corrected chi connectivity index (χ1v) is 8.49. The van der Waals surface area contributed by atoms with Gasteiger partial charge in [-0.2, -0.15) is 0 Å². The third kappa shape index (κ3) is 4.72. The van der Waals surface area contributed by atoms with Crippen molar-refractivity contribution in [1.82, 2.24) is 10.3 Å². The highest BCUT2D eigenvalue weighted by atomic mass is 35.5. The van der Waals surface area contributed by atoms with Gasteiger partial charge in [0.2, 0.25) is 0 Å². The highest BCUT2D eigenvalue weighted by Gasteiger charge is 2.08. The van der Waals surface area contributed by atoms with Crippen molar-refractivity contribution in [3.05, 3.63) is 82.9 Å². The van der Waals surface area contributed by atoms with E-state index in [0.29, 0.717) is 35.2 Å². The minimum Gasteiger partial charge on any atom is -0.456 e. The van der Waals surface area contributed by atoms with Gasteiger partial charge in [0, 0.05) is 34.8 Å². The summed E-state index contributed by atoms with van der Waals surface area (Å²) in [5.41, 5.74) is 1.39. The van der Waals surface area contributed by atoms with Crippen molar-refractivity contribution in [3.63, 3.8) is 0 Å². The van der Waals surface area contributed by atoms with E-state index in [1.54, 1.807) is 24.5 Å². The summed E-state index contributed by atoms with van der Waals surface area (Å²) in [6.45, 7) is 0.833. The lowest BCUT2D eigenvalue weighted by Gasteiger charge is -2.12. The molecule has 0 aliphatic rings. The van der Waals surface area contributed by atoms with Gasteiger partial charge in [-0.3, -0.25) is 4.98 Å². The van der Waals surface area contributed by atoms with E-state index in [4.69, 9.17) is 16.3 Å². The molecule has 0 saturated carbocycles. The molecule has 3 rings (SSSR count). The van der Waals surface area contributed by atoms with Crippen molar-refractivity contribution in [1.29, 1.82) is 0 Å². The number of hydrogen-bond acceptors (Lipinski definition) is 4. The SMILES string of the molecule is Fc1cccc(Cl)c1CNCc1cc(Oc2cccnc2)ccc1S. The number of aromatic nitrogens is 1. The quantitative estimate of drug-likeness (QED) is 0.578. The number of halogens is 2. The van der Waals surface area contributed by atoms with Crippen molar-refractivity contribution >= 4 is 24.2 Å². The number of hydrogen-bond donors (Lipinski definition) is 2. The lowest BCUT2D eigenvalue weighted by molar-refractivity contribution is 0.478. The van der Waals surface area contributed by atoms with Crippen LogP contribution in [-0.4, -0.2) is 4.98 Å². The van der Waals surface area contributed by atoms with Gasteiger partial charge in [0.05, 0.1) is 6.20 Å². The summed E-state index contributed by atoms with van der Waals surface area (Å²) in [6.07, 6.45) is 3.33. The van der Waals surface area contributed by atoms with Crippen LogP contribution in [0.25, 0.3) is 0 Å². The molecule has 0 saturated heterocycles. The zero-order valence-corrected chi connectivity index (χ0v) is 14.9. The van der Waals surface area contributed by atoms with Gasteiger partial charge < -0.3 is 10.1 Å². The minimum absolute atomic E-state index is 0.320. The molecule has 6 heteroatoms. The Kier molecular flexibility index (Phi) is 5.91. The molecule has 2 aromatic carbocycles. The predicted molar refractivity (Wildman–Crippen MR) is 100.0 cm³/mol. The fraction of sp³-hybridized carbons (Fsp3) is 0.105. The largest absolute Gasteiger partial charge is 0.456 e. The molecule has 1 N–H and O–H groups in total. The number of nitrogens with zero attached hydrogens (tertiary/aromatic N) is 1. The third-order valence-corrected chi connectivity index (χ3v) is 4.39. The molecule has 0 fully saturated rings. The summed E-state index contributed by atoms with van der Waals surface area (Å²) in [7, 11) is 0. The van der Waals surface area contributed by atoms with E-state index in [1.165, 1.54) is 6.07 Å². The highest BCUT2D eigenvalue weighted by Crippen LogP contribution is 2.25. The maximum absolute atomic E-state index is 13.8. The Morgan fingerprint density at radius 2 is 1.96 bits per heavy atom. The van der Waals surface area contributed by atoms with E-state index in [1.807, 2.05) is 30.3 Å². The van der Waals surface area contributed by atoms with Crippen LogP contribution in [0.5, 0.6) is 11.5 Å². The van der Waals surface area contributed by atoms with E-state index in [2.05, 4.69) is 22.9 Å². The van der Waals surface area contributed by atoms with E-state index in [0.717, 1.165) is 10.5 Å². The molecule has 0 aliphatic heterocycles. The van der Waals surface area contributed by atoms with E-state index >= 15 is 0 Å². The second-order valence-electron chi connectivity index (χ2n) is 5.39.